The predicted octanol–water partition coefficient (Wildman–Crippen LogP) is 5.49. The van der Waals surface area contributed by atoms with Crippen molar-refractivity contribution >= 4 is 58.6 Å². The minimum atomic E-state index is -1.33. The van der Waals surface area contributed by atoms with E-state index in [1.54, 1.807) is 111 Å². The Bertz CT molecular complexity index is 1920. The quantitative estimate of drug-likeness (QED) is 0.0776. The molecule has 53 heavy (non-hydrogen) atoms. The van der Waals surface area contributed by atoms with Crippen molar-refractivity contribution in [2.45, 2.75) is 38.9 Å². The highest BCUT2D eigenvalue weighted by Crippen LogP contribution is 2.23. The van der Waals surface area contributed by atoms with Crippen LogP contribution in [0.25, 0.3) is 0 Å². The number of benzene rings is 4. The fraction of sp³-hybridized carbons (Fsp3) is 0.211. The molecule has 0 aromatic heterocycles. The van der Waals surface area contributed by atoms with E-state index >= 15 is 0 Å². The number of nitrogens with one attached hydrogen (secondary N) is 1. The number of aliphatic imine (C=N–C) groups is 2. The Kier molecular flexibility index (Phi) is 16.0. The zero-order valence-electron chi connectivity index (χ0n) is 30.0. The molecule has 4 aromatic rings. The van der Waals surface area contributed by atoms with E-state index in [-0.39, 0.29) is 23.5 Å². The van der Waals surface area contributed by atoms with Crippen LogP contribution >= 0.6 is 23.2 Å². The Morgan fingerprint density at radius 1 is 0.585 bits per heavy atom. The van der Waals surface area contributed by atoms with E-state index in [0.717, 1.165) is 0 Å². The summed E-state index contributed by atoms with van der Waals surface area (Å²) in [7, 11) is 3.01. The summed E-state index contributed by atoms with van der Waals surface area (Å²) in [4.78, 5) is 54.9. The number of aliphatic carboxylic acids is 1. The maximum Gasteiger partial charge on any atom is 0.347 e. The van der Waals surface area contributed by atoms with Gasteiger partial charge >= 0.3 is 5.97 Å². The number of halogens is 2. The number of hydrogen-bond acceptors (Lipinski definition) is 8. The fourth-order valence-electron chi connectivity index (χ4n) is 3.89. The molecular formula is C38H42Cl2N6O7. The second-order valence-electron chi connectivity index (χ2n) is 12.0. The third kappa shape index (κ3) is 14.0. The normalized spacial score (nSPS) is 11.0. The first-order valence-corrected chi connectivity index (χ1v) is 16.5. The van der Waals surface area contributed by atoms with E-state index in [1.165, 1.54) is 27.9 Å². The van der Waals surface area contributed by atoms with Gasteiger partial charge < -0.3 is 31.8 Å². The molecule has 0 aliphatic rings. The average Bonchev–Trinajstić information content (AvgIpc) is 3.12. The number of nitrogens with two attached hydrogens (primary N) is 3. The van der Waals surface area contributed by atoms with Crippen LogP contribution in [0.2, 0.25) is 10.0 Å². The highest BCUT2D eigenvalue weighted by atomic mass is 35.5. The summed E-state index contributed by atoms with van der Waals surface area (Å²) in [5, 5.41) is 12.6. The first kappa shape index (κ1) is 43.2. The number of hydrogen-bond donors (Lipinski definition) is 5. The van der Waals surface area contributed by atoms with Gasteiger partial charge in [0.05, 0.1) is 0 Å². The standard InChI is InChI=1S/C19H20ClN3O3.C17H15ClO4.C2H7N3/c1-19(2,17(25)23-18(21)22-3)26-15-10-6-13(7-11-15)16(24)12-4-8-14(20)9-5-12;1-17(2,16(20)21)22-14-9-5-12(6-10-14)15(19)11-3-7-13(18)8-4-11;1-5-2(3)4/h4-11H,1-3H3,(H3,21,22,23,25);3-10H,1-2H3,(H,20,21);1H3,(H4,3,4,5). The van der Waals surface area contributed by atoms with Gasteiger partial charge in [-0.15, -0.1) is 0 Å². The number of nitrogens with zero attached hydrogens (tertiary/aromatic N) is 2. The van der Waals surface area contributed by atoms with E-state index in [4.69, 9.17) is 55.0 Å². The molecule has 13 nitrogen and oxygen atoms in total. The largest absolute Gasteiger partial charge is 0.478 e. The minimum absolute atomic E-state index is 0.00980. The van der Waals surface area contributed by atoms with Gasteiger partial charge in [0, 0.05) is 46.4 Å². The summed E-state index contributed by atoms with van der Waals surface area (Å²) in [5.41, 5.74) is 14.7. The van der Waals surface area contributed by atoms with Crippen LogP contribution < -0.4 is 32.0 Å². The Balaban J connectivity index is 0.000000329. The van der Waals surface area contributed by atoms with E-state index in [0.29, 0.717) is 43.8 Å². The number of carbonyl (C=O) groups excluding carboxylic acids is 3. The summed E-state index contributed by atoms with van der Waals surface area (Å²) in [6.07, 6.45) is 0. The van der Waals surface area contributed by atoms with E-state index in [2.05, 4.69) is 15.3 Å². The Morgan fingerprint density at radius 3 is 1.17 bits per heavy atom. The molecule has 0 bridgehead atoms. The second kappa shape index (κ2) is 19.6. The summed E-state index contributed by atoms with van der Waals surface area (Å²) < 4.78 is 11.1. The topological polar surface area (TPSA) is 222 Å². The Labute approximate surface area is 317 Å². The number of carbonyl (C=O) groups is 4. The molecule has 0 fully saturated rings. The molecule has 4 rings (SSSR count). The number of amides is 1. The number of ketones is 2. The Hall–Kier alpha value is -5.92. The maximum absolute atomic E-state index is 12.4. The van der Waals surface area contributed by atoms with Gasteiger partial charge in [-0.3, -0.25) is 29.7 Å². The number of rotatable bonds is 10. The number of guanidine groups is 2. The van der Waals surface area contributed by atoms with Crippen LogP contribution in [0.4, 0.5) is 0 Å². The highest BCUT2D eigenvalue weighted by Gasteiger charge is 2.31. The SMILES string of the molecule is CC(C)(Oc1ccc(C(=O)c2ccc(Cl)cc2)cc1)C(=O)O.CN=C(N)N.CN=C(N)NC(=O)C(C)(C)Oc1ccc(C(=O)c2ccc(Cl)cc2)cc1. The molecular weight excluding hydrogens is 723 g/mol. The zero-order valence-corrected chi connectivity index (χ0v) is 31.5. The lowest BCUT2D eigenvalue weighted by molar-refractivity contribution is -0.152. The molecule has 0 heterocycles. The van der Waals surface area contributed by atoms with Crippen molar-refractivity contribution < 1.29 is 33.8 Å². The van der Waals surface area contributed by atoms with Crippen LogP contribution in [-0.2, 0) is 9.59 Å². The first-order chi connectivity index (χ1) is 24.8. The molecule has 0 saturated heterocycles. The molecule has 15 heteroatoms. The molecule has 280 valence electrons. The second-order valence-corrected chi connectivity index (χ2v) is 12.8. The highest BCUT2D eigenvalue weighted by molar-refractivity contribution is 6.31. The van der Waals surface area contributed by atoms with Gasteiger partial charge in [-0.25, -0.2) is 4.79 Å². The van der Waals surface area contributed by atoms with E-state index in [1.807, 2.05) is 0 Å². The zero-order chi connectivity index (χ0) is 39.9. The van der Waals surface area contributed by atoms with Gasteiger partial charge in [-0.05, 0) is 125 Å². The summed E-state index contributed by atoms with van der Waals surface area (Å²) in [6.45, 7) is 6.14. The third-order valence-corrected chi connectivity index (χ3v) is 7.50. The van der Waals surface area contributed by atoms with E-state index in [9.17, 15) is 19.2 Å². The molecule has 0 saturated carbocycles. The fourth-order valence-corrected chi connectivity index (χ4v) is 4.14. The molecule has 0 aliphatic heterocycles. The summed E-state index contributed by atoms with van der Waals surface area (Å²) in [5.74, 6) is -0.779. The third-order valence-electron chi connectivity index (χ3n) is 6.99. The van der Waals surface area contributed by atoms with E-state index < -0.39 is 23.1 Å². The van der Waals surface area contributed by atoms with Crippen molar-refractivity contribution in [2.75, 3.05) is 14.1 Å². The monoisotopic (exact) mass is 764 g/mol. The van der Waals surface area contributed by atoms with Gasteiger partial charge in [0.1, 0.15) is 11.5 Å². The molecule has 4 aromatic carbocycles. The van der Waals surface area contributed by atoms with Crippen LogP contribution in [0.5, 0.6) is 11.5 Å². The van der Waals surface area contributed by atoms with Crippen molar-refractivity contribution in [1.29, 1.82) is 0 Å². The molecule has 0 unspecified atom stereocenters. The van der Waals surface area contributed by atoms with Crippen molar-refractivity contribution in [1.82, 2.24) is 5.32 Å². The van der Waals surface area contributed by atoms with Gasteiger partial charge in [0.2, 0.25) is 0 Å². The molecule has 0 atom stereocenters. The van der Waals surface area contributed by atoms with Crippen molar-refractivity contribution in [3.05, 3.63) is 129 Å². The number of ether oxygens (including phenoxy) is 2. The van der Waals surface area contributed by atoms with Crippen molar-refractivity contribution in [2.24, 2.45) is 27.2 Å². The molecule has 0 radical (unpaired) electrons. The smallest absolute Gasteiger partial charge is 0.347 e. The van der Waals surface area contributed by atoms with Crippen molar-refractivity contribution in [3.8, 4) is 11.5 Å². The number of carboxylic acids is 1. The van der Waals surface area contributed by atoms with Gasteiger partial charge in [-0.1, -0.05) is 23.2 Å². The maximum atomic E-state index is 12.4. The number of carboxylic acid groups (broad SMARTS) is 1. The lowest BCUT2D eigenvalue weighted by Gasteiger charge is -2.25. The Morgan fingerprint density at radius 2 is 0.887 bits per heavy atom. The molecule has 8 N–H and O–H groups in total. The molecule has 1 amide bonds. The molecule has 0 aliphatic carbocycles. The van der Waals surface area contributed by atoms with Crippen LogP contribution in [0.1, 0.15) is 59.5 Å². The lowest BCUT2D eigenvalue weighted by atomic mass is 10.0. The predicted molar refractivity (Wildman–Crippen MR) is 207 cm³/mol. The molecule has 0 spiro atoms. The minimum Gasteiger partial charge on any atom is -0.478 e. The van der Waals surface area contributed by atoms with Crippen LogP contribution in [0.3, 0.4) is 0 Å². The van der Waals surface area contributed by atoms with Crippen LogP contribution in [0.15, 0.2) is 107 Å². The van der Waals surface area contributed by atoms with Crippen LogP contribution in [-0.4, -0.2) is 65.8 Å². The lowest BCUT2D eigenvalue weighted by Crippen LogP contribution is -2.50. The first-order valence-electron chi connectivity index (χ1n) is 15.7. The van der Waals surface area contributed by atoms with Gasteiger partial charge in [0.25, 0.3) is 5.91 Å². The van der Waals surface area contributed by atoms with Gasteiger partial charge in [0.15, 0.2) is 34.7 Å². The van der Waals surface area contributed by atoms with Crippen LogP contribution in [0, 0.1) is 0 Å². The summed E-state index contributed by atoms with van der Waals surface area (Å²) in [6, 6.07) is 26.2. The summed E-state index contributed by atoms with van der Waals surface area (Å²) >= 11 is 11.6. The van der Waals surface area contributed by atoms with Gasteiger partial charge in [-0.2, -0.15) is 0 Å². The average molecular weight is 766 g/mol. The van der Waals surface area contributed by atoms with Crippen molar-refractivity contribution in [3.63, 3.8) is 0 Å².